The normalized spacial score (nSPS) is 30.6. The second kappa shape index (κ2) is 9.81. The van der Waals surface area contributed by atoms with Crippen molar-refractivity contribution in [1.29, 1.82) is 0 Å². The molecule has 2 aromatic rings. The summed E-state index contributed by atoms with van der Waals surface area (Å²) in [5.74, 6) is -0.511. The molecule has 0 radical (unpaired) electrons. The van der Waals surface area contributed by atoms with Crippen molar-refractivity contribution < 1.29 is 32.7 Å². The zero-order chi connectivity index (χ0) is 27.5. The molecule has 3 fully saturated rings. The van der Waals surface area contributed by atoms with Crippen molar-refractivity contribution in [3.63, 3.8) is 0 Å². The zero-order valence-corrected chi connectivity index (χ0v) is 26.0. The SMILES string of the molecule is COC(=O)CC[N+]1(C)C2CC(OC(=O)C(O[Si](C)(C)C(C)(C)C)(c3cccs3)c3cccs3)CC1C1OC12. The highest BCUT2D eigenvalue weighted by molar-refractivity contribution is 7.12. The minimum atomic E-state index is -2.40. The Balaban J connectivity index is 1.43. The van der Waals surface area contributed by atoms with E-state index >= 15 is 0 Å². The molecule has 0 spiro atoms. The van der Waals surface area contributed by atoms with Gasteiger partial charge in [-0.15, -0.1) is 22.7 Å². The van der Waals surface area contributed by atoms with Crippen LogP contribution in [0.15, 0.2) is 35.0 Å². The number of carbonyl (C=O) groups is 2. The molecule has 38 heavy (non-hydrogen) atoms. The molecule has 3 saturated heterocycles. The van der Waals surface area contributed by atoms with Crippen molar-refractivity contribution in [1.82, 2.24) is 0 Å². The fourth-order valence-corrected chi connectivity index (χ4v) is 9.42. The number of piperidine rings is 1. The molecule has 2 aromatic heterocycles. The van der Waals surface area contributed by atoms with Crippen LogP contribution >= 0.6 is 22.7 Å². The van der Waals surface area contributed by atoms with E-state index in [0.717, 1.165) is 14.2 Å². The van der Waals surface area contributed by atoms with Crippen molar-refractivity contribution in [2.45, 2.75) is 94.2 Å². The molecule has 5 heterocycles. The van der Waals surface area contributed by atoms with Gasteiger partial charge in [0.05, 0.1) is 36.9 Å². The van der Waals surface area contributed by atoms with Crippen LogP contribution < -0.4 is 0 Å². The minimum absolute atomic E-state index is 0.0887. The van der Waals surface area contributed by atoms with E-state index < -0.39 is 13.9 Å². The molecule has 4 unspecified atom stereocenters. The number of methoxy groups -OCH3 is 1. The van der Waals surface area contributed by atoms with Crippen LogP contribution in [-0.2, 0) is 33.8 Å². The Labute approximate surface area is 234 Å². The number of likely N-dealkylation sites (N-methyl/N-ethyl adjacent to an activating group) is 1. The van der Waals surface area contributed by atoms with E-state index in [0.29, 0.717) is 25.8 Å². The van der Waals surface area contributed by atoms with Gasteiger partial charge in [-0.05, 0) is 41.0 Å². The Morgan fingerprint density at radius 1 is 1.05 bits per heavy atom. The van der Waals surface area contributed by atoms with Gasteiger partial charge in [-0.25, -0.2) is 4.79 Å². The van der Waals surface area contributed by atoms with Gasteiger partial charge in [-0.2, -0.15) is 0 Å². The van der Waals surface area contributed by atoms with Crippen LogP contribution in [0.1, 0.15) is 49.8 Å². The third-order valence-corrected chi connectivity index (χ3v) is 15.8. The summed E-state index contributed by atoms with van der Waals surface area (Å²) in [6.45, 7) is 11.7. The van der Waals surface area contributed by atoms with E-state index in [1.54, 1.807) is 0 Å². The lowest BCUT2D eigenvalue weighted by atomic mass is 9.94. The van der Waals surface area contributed by atoms with Gasteiger partial charge in [0.15, 0.2) is 8.32 Å². The molecular weight excluding hydrogens is 539 g/mol. The fourth-order valence-electron chi connectivity index (χ4n) is 6.11. The number of ether oxygens (including phenoxy) is 3. The van der Waals surface area contributed by atoms with Gasteiger partial charge in [-0.1, -0.05) is 32.9 Å². The number of rotatable bonds is 9. The zero-order valence-electron chi connectivity index (χ0n) is 23.4. The Morgan fingerprint density at radius 3 is 2.05 bits per heavy atom. The molecule has 0 amide bonds. The number of carbonyl (C=O) groups excluding carboxylic acids is 2. The van der Waals surface area contributed by atoms with Gasteiger partial charge < -0.3 is 23.1 Å². The van der Waals surface area contributed by atoms with Gasteiger partial charge >= 0.3 is 11.9 Å². The summed E-state index contributed by atoms with van der Waals surface area (Å²) >= 11 is 3.08. The van der Waals surface area contributed by atoms with Crippen molar-refractivity contribution in [2.24, 2.45) is 0 Å². The summed E-state index contributed by atoms with van der Waals surface area (Å²) in [5.41, 5.74) is -1.29. The van der Waals surface area contributed by atoms with Crippen LogP contribution in [-0.4, -0.2) is 75.8 Å². The lowest BCUT2D eigenvalue weighted by molar-refractivity contribution is -0.955. The third-order valence-electron chi connectivity index (χ3n) is 9.38. The van der Waals surface area contributed by atoms with Crippen LogP contribution in [0, 0.1) is 0 Å². The monoisotopic (exact) mass is 578 g/mol. The number of esters is 2. The lowest BCUT2D eigenvalue weighted by Crippen LogP contribution is -2.63. The molecule has 208 valence electrons. The molecule has 10 heteroatoms. The molecule has 0 aromatic carbocycles. The molecular formula is C28H40NO6S2Si+. The largest absolute Gasteiger partial charge is 0.469 e. The standard InChI is InChI=1S/C28H40NO6S2Si/c1-27(2,3)38(6,7)35-28(21-10-8-14-36-21,22-11-9-15-37-22)26(31)33-18-16-19-24-25(34-24)20(17-18)29(19,4)13-12-23(30)32-5/h8-11,14-15,18-20,24-25H,12-13,16-17H2,1-7H3/q+1. The predicted octanol–water partition coefficient (Wildman–Crippen LogP) is 5.31. The van der Waals surface area contributed by atoms with E-state index in [-0.39, 0.29) is 47.4 Å². The fraction of sp³-hybridized carbons (Fsp3) is 0.643. The first kappa shape index (κ1) is 28.0. The number of quaternary nitrogens is 1. The van der Waals surface area contributed by atoms with E-state index in [9.17, 15) is 9.59 Å². The third kappa shape index (κ3) is 4.61. The quantitative estimate of drug-likeness (QED) is 0.174. The van der Waals surface area contributed by atoms with E-state index in [1.165, 1.54) is 29.8 Å². The van der Waals surface area contributed by atoms with Crippen molar-refractivity contribution in [2.75, 3.05) is 20.7 Å². The molecule has 4 atom stereocenters. The summed E-state index contributed by atoms with van der Waals surface area (Å²) in [6, 6.07) is 8.32. The molecule has 0 N–H and O–H groups in total. The second-order valence-corrected chi connectivity index (χ2v) is 19.2. The van der Waals surface area contributed by atoms with Crippen LogP contribution in [0.2, 0.25) is 18.1 Å². The maximum Gasteiger partial charge on any atom is 0.348 e. The number of fused-ring (bicyclic) bond motifs is 5. The average Bonchev–Trinajstić information content (AvgIpc) is 3.17. The number of hydrogen-bond acceptors (Lipinski definition) is 8. The summed E-state index contributed by atoms with van der Waals surface area (Å²) < 4.78 is 25.3. The van der Waals surface area contributed by atoms with Crippen LogP contribution in [0.25, 0.3) is 0 Å². The van der Waals surface area contributed by atoms with Gasteiger partial charge in [0, 0.05) is 12.8 Å². The lowest BCUT2D eigenvalue weighted by Gasteiger charge is -2.48. The van der Waals surface area contributed by atoms with E-state index in [1.807, 2.05) is 35.0 Å². The second-order valence-electron chi connectivity index (χ2n) is 12.6. The van der Waals surface area contributed by atoms with Gasteiger partial charge in [0.25, 0.3) is 0 Å². The average molecular weight is 579 g/mol. The summed E-state index contributed by atoms with van der Waals surface area (Å²) in [4.78, 5) is 28.1. The summed E-state index contributed by atoms with van der Waals surface area (Å²) in [5, 5.41) is 3.90. The maximum absolute atomic E-state index is 14.5. The molecule has 3 aliphatic heterocycles. The molecule has 2 bridgehead atoms. The first-order valence-corrected chi connectivity index (χ1v) is 18.1. The highest BCUT2D eigenvalue weighted by Gasteiger charge is 2.72. The molecule has 3 aliphatic rings. The van der Waals surface area contributed by atoms with E-state index in [2.05, 4.69) is 40.9 Å². The van der Waals surface area contributed by atoms with Crippen LogP contribution in [0.4, 0.5) is 0 Å². The highest BCUT2D eigenvalue weighted by Crippen LogP contribution is 2.54. The molecule has 0 saturated carbocycles. The number of nitrogens with zero attached hydrogens (tertiary/aromatic N) is 1. The molecule has 7 nitrogen and oxygen atoms in total. The van der Waals surface area contributed by atoms with E-state index in [4.69, 9.17) is 18.6 Å². The summed E-state index contributed by atoms with van der Waals surface area (Å²) in [6.07, 6.45) is 1.94. The molecule has 0 aliphatic carbocycles. The highest BCUT2D eigenvalue weighted by atomic mass is 32.1. The first-order valence-electron chi connectivity index (χ1n) is 13.4. The van der Waals surface area contributed by atoms with Crippen LogP contribution in [0.5, 0.6) is 0 Å². The van der Waals surface area contributed by atoms with Crippen molar-refractivity contribution in [3.05, 3.63) is 44.8 Å². The molecule has 5 rings (SSSR count). The Morgan fingerprint density at radius 2 is 1.61 bits per heavy atom. The van der Waals surface area contributed by atoms with Crippen molar-refractivity contribution >= 4 is 42.9 Å². The Hall–Kier alpha value is -1.56. The maximum atomic E-state index is 14.5. The van der Waals surface area contributed by atoms with Crippen molar-refractivity contribution in [3.8, 4) is 0 Å². The minimum Gasteiger partial charge on any atom is -0.469 e. The number of thiophene rings is 2. The predicted molar refractivity (Wildman–Crippen MR) is 151 cm³/mol. The Bertz CT molecular complexity index is 1110. The first-order chi connectivity index (χ1) is 17.8. The topological polar surface area (TPSA) is 74.4 Å². The van der Waals surface area contributed by atoms with Gasteiger partial charge in [0.1, 0.15) is 30.4 Å². The van der Waals surface area contributed by atoms with Gasteiger partial charge in [0.2, 0.25) is 5.60 Å². The number of hydrogen-bond donors (Lipinski definition) is 0. The number of epoxide rings is 1. The number of morpholine rings is 1. The smallest absolute Gasteiger partial charge is 0.348 e. The van der Waals surface area contributed by atoms with Gasteiger partial charge in [-0.3, -0.25) is 4.79 Å². The Kier molecular flexibility index (Phi) is 7.23. The van der Waals surface area contributed by atoms with Crippen LogP contribution in [0.3, 0.4) is 0 Å². The summed E-state index contributed by atoms with van der Waals surface area (Å²) in [7, 11) is 1.25.